The lowest BCUT2D eigenvalue weighted by molar-refractivity contribution is 0.476. The van der Waals surface area contributed by atoms with Gasteiger partial charge in [-0.25, -0.2) is 4.39 Å². The van der Waals surface area contributed by atoms with Crippen molar-refractivity contribution < 1.29 is 9.13 Å². The number of nitrogens with two attached hydrogens (primary N) is 1. The van der Waals surface area contributed by atoms with Gasteiger partial charge in [-0.1, -0.05) is 23.8 Å². The predicted octanol–water partition coefficient (Wildman–Crippen LogP) is 4.67. The van der Waals surface area contributed by atoms with Gasteiger partial charge in [0.1, 0.15) is 22.3 Å². The Labute approximate surface area is 128 Å². The minimum Gasteiger partial charge on any atom is -0.457 e. The highest BCUT2D eigenvalue weighted by Crippen LogP contribution is 2.28. The third-order valence-corrected chi connectivity index (χ3v) is 3.52. The van der Waals surface area contributed by atoms with Gasteiger partial charge in [-0.2, -0.15) is 0 Å². The maximum Gasteiger partial charge on any atom is 0.145 e. The van der Waals surface area contributed by atoms with Crippen molar-refractivity contribution in [1.29, 1.82) is 0 Å². The van der Waals surface area contributed by atoms with Gasteiger partial charge in [0.05, 0.1) is 5.02 Å². The second-order valence-corrected chi connectivity index (χ2v) is 5.39. The van der Waals surface area contributed by atoms with Gasteiger partial charge in [-0.3, -0.25) is 0 Å². The number of hydrogen-bond acceptors (Lipinski definition) is 2. The summed E-state index contributed by atoms with van der Waals surface area (Å²) in [5.74, 6) is 0.364. The van der Waals surface area contributed by atoms with Crippen molar-refractivity contribution in [3.05, 3.63) is 57.3 Å². The minimum absolute atomic E-state index is 0.0531. The summed E-state index contributed by atoms with van der Waals surface area (Å²) < 4.78 is 19.5. The van der Waals surface area contributed by atoms with Gasteiger partial charge in [-0.15, -0.1) is 0 Å². The normalized spacial score (nSPS) is 10.3. The van der Waals surface area contributed by atoms with Gasteiger partial charge in [0.2, 0.25) is 0 Å². The summed E-state index contributed by atoms with van der Waals surface area (Å²) in [4.78, 5) is 0.288. The Bertz CT molecular complexity index is 651. The molecule has 19 heavy (non-hydrogen) atoms. The van der Waals surface area contributed by atoms with Gasteiger partial charge in [0, 0.05) is 16.1 Å². The third-order valence-electron chi connectivity index (χ3n) is 2.33. The van der Waals surface area contributed by atoms with Crippen LogP contribution in [0.1, 0.15) is 5.56 Å². The van der Waals surface area contributed by atoms with Crippen LogP contribution in [0.4, 0.5) is 4.39 Å². The molecule has 2 aromatic rings. The molecule has 0 radical (unpaired) electrons. The molecule has 0 fully saturated rings. The van der Waals surface area contributed by atoms with Crippen LogP contribution in [0.3, 0.4) is 0 Å². The topological polar surface area (TPSA) is 35.2 Å². The van der Waals surface area contributed by atoms with E-state index in [1.165, 1.54) is 12.1 Å². The lowest BCUT2D eigenvalue weighted by Crippen LogP contribution is -2.09. The van der Waals surface area contributed by atoms with Crippen molar-refractivity contribution >= 4 is 44.7 Å². The number of halogens is 3. The first-order valence-corrected chi connectivity index (χ1v) is 6.77. The summed E-state index contributed by atoms with van der Waals surface area (Å²) in [6.07, 6.45) is 0. The van der Waals surface area contributed by atoms with Crippen molar-refractivity contribution in [2.75, 3.05) is 0 Å². The second-order valence-electron chi connectivity index (χ2n) is 3.68. The van der Waals surface area contributed by atoms with E-state index in [2.05, 4.69) is 15.9 Å². The molecule has 0 spiro atoms. The van der Waals surface area contributed by atoms with Crippen LogP contribution in [-0.4, -0.2) is 4.99 Å². The number of thiocarbonyl (C=S) groups is 1. The van der Waals surface area contributed by atoms with Gasteiger partial charge < -0.3 is 10.5 Å². The zero-order valence-electron chi connectivity index (χ0n) is 9.49. The van der Waals surface area contributed by atoms with Gasteiger partial charge >= 0.3 is 0 Å². The molecule has 0 amide bonds. The van der Waals surface area contributed by atoms with E-state index in [4.69, 9.17) is 34.3 Å². The highest BCUT2D eigenvalue weighted by Gasteiger charge is 2.07. The van der Waals surface area contributed by atoms with Gasteiger partial charge in [0.15, 0.2) is 0 Å². The summed E-state index contributed by atoms with van der Waals surface area (Å²) in [6, 6.07) is 9.38. The minimum atomic E-state index is -0.530. The average Bonchev–Trinajstić information content (AvgIpc) is 2.33. The van der Waals surface area contributed by atoms with E-state index in [9.17, 15) is 4.39 Å². The van der Waals surface area contributed by atoms with Crippen molar-refractivity contribution in [2.45, 2.75) is 0 Å². The zero-order chi connectivity index (χ0) is 14.0. The Morgan fingerprint density at radius 2 is 1.84 bits per heavy atom. The fourth-order valence-corrected chi connectivity index (χ4v) is 2.43. The molecule has 0 aliphatic heterocycles. The lowest BCUT2D eigenvalue weighted by Gasteiger charge is -2.08. The maximum absolute atomic E-state index is 13.3. The van der Waals surface area contributed by atoms with Crippen LogP contribution >= 0.6 is 39.7 Å². The molecule has 0 saturated heterocycles. The summed E-state index contributed by atoms with van der Waals surface area (Å²) >= 11 is 13.8. The molecule has 0 aromatic heterocycles. The number of rotatable bonds is 3. The number of benzene rings is 2. The van der Waals surface area contributed by atoms with Crippen LogP contribution in [0.2, 0.25) is 5.02 Å². The zero-order valence-corrected chi connectivity index (χ0v) is 12.7. The highest BCUT2D eigenvalue weighted by molar-refractivity contribution is 9.10. The maximum atomic E-state index is 13.3. The largest absolute Gasteiger partial charge is 0.457 e. The van der Waals surface area contributed by atoms with Gasteiger partial charge in [0.25, 0.3) is 0 Å². The lowest BCUT2D eigenvalue weighted by atomic mass is 10.2. The summed E-state index contributed by atoms with van der Waals surface area (Å²) in [7, 11) is 0. The van der Waals surface area contributed by atoms with E-state index in [0.29, 0.717) is 21.5 Å². The molecule has 2 rings (SSSR count). The van der Waals surface area contributed by atoms with Crippen LogP contribution < -0.4 is 10.5 Å². The highest BCUT2D eigenvalue weighted by atomic mass is 79.9. The van der Waals surface area contributed by atoms with E-state index in [1.807, 2.05) is 0 Å². The molecular weight excluding hydrogens is 353 g/mol. The Kier molecular flexibility index (Phi) is 4.39. The number of ether oxygens (including phenoxy) is 1. The van der Waals surface area contributed by atoms with E-state index >= 15 is 0 Å². The Morgan fingerprint density at radius 3 is 2.42 bits per heavy atom. The van der Waals surface area contributed by atoms with E-state index in [0.717, 1.165) is 0 Å². The quantitative estimate of drug-likeness (QED) is 0.808. The Hall–Kier alpha value is -1.17. The van der Waals surface area contributed by atoms with E-state index in [-0.39, 0.29) is 10.0 Å². The molecule has 0 bridgehead atoms. The molecule has 98 valence electrons. The predicted molar refractivity (Wildman–Crippen MR) is 81.5 cm³/mol. The Balaban J connectivity index is 2.26. The van der Waals surface area contributed by atoms with Crippen molar-refractivity contribution in [3.63, 3.8) is 0 Å². The molecule has 2 N–H and O–H groups in total. The molecule has 0 aliphatic carbocycles. The van der Waals surface area contributed by atoms with Crippen LogP contribution in [0.15, 0.2) is 40.9 Å². The molecule has 2 aromatic carbocycles. The van der Waals surface area contributed by atoms with Gasteiger partial charge in [-0.05, 0) is 46.3 Å². The standard InChI is InChI=1S/C13H8BrClFNOS/c14-10-5-7(1-3-9(10)13(17)19)18-8-2-4-11(15)12(16)6-8/h1-6H,(H2,17,19). The fourth-order valence-electron chi connectivity index (χ4n) is 1.44. The molecule has 2 nitrogen and oxygen atoms in total. The summed E-state index contributed by atoms with van der Waals surface area (Å²) in [5.41, 5.74) is 6.26. The summed E-state index contributed by atoms with van der Waals surface area (Å²) in [6.45, 7) is 0. The van der Waals surface area contributed by atoms with Crippen molar-refractivity contribution in [3.8, 4) is 11.5 Å². The van der Waals surface area contributed by atoms with Crippen LogP contribution in [-0.2, 0) is 0 Å². The van der Waals surface area contributed by atoms with E-state index < -0.39 is 5.82 Å². The summed E-state index contributed by atoms with van der Waals surface area (Å²) in [5, 5.41) is 0.0531. The molecule has 0 unspecified atom stereocenters. The van der Waals surface area contributed by atoms with Crippen molar-refractivity contribution in [2.24, 2.45) is 5.73 Å². The smallest absolute Gasteiger partial charge is 0.145 e. The first-order valence-electron chi connectivity index (χ1n) is 5.19. The Morgan fingerprint density at radius 1 is 1.21 bits per heavy atom. The first-order chi connectivity index (χ1) is 8.97. The fraction of sp³-hybridized carbons (Fsp3) is 0. The molecule has 0 saturated carbocycles. The average molecular weight is 361 g/mol. The SMILES string of the molecule is NC(=S)c1ccc(Oc2ccc(Cl)c(F)c2)cc1Br. The molecule has 6 heteroatoms. The molecular formula is C13H8BrClFNOS. The molecule has 0 atom stereocenters. The van der Waals surface area contributed by atoms with Crippen LogP contribution in [0.5, 0.6) is 11.5 Å². The number of hydrogen-bond donors (Lipinski definition) is 1. The molecule has 0 heterocycles. The monoisotopic (exact) mass is 359 g/mol. The third kappa shape index (κ3) is 3.43. The van der Waals surface area contributed by atoms with Crippen LogP contribution in [0.25, 0.3) is 0 Å². The first kappa shape index (κ1) is 14.2. The van der Waals surface area contributed by atoms with E-state index in [1.54, 1.807) is 24.3 Å². The van der Waals surface area contributed by atoms with Crippen LogP contribution in [0, 0.1) is 5.82 Å². The molecule has 0 aliphatic rings. The van der Waals surface area contributed by atoms with Crippen molar-refractivity contribution in [1.82, 2.24) is 0 Å². The second kappa shape index (κ2) is 5.86.